The number of hydrogen-bond acceptors (Lipinski definition) is 17. The number of anilines is 4. The van der Waals surface area contributed by atoms with Crippen LogP contribution in [-0.4, -0.2) is 226 Å². The van der Waals surface area contributed by atoms with Crippen LogP contribution in [0.5, 0.6) is 0 Å². The van der Waals surface area contributed by atoms with Gasteiger partial charge in [-0.1, -0.05) is 20.3 Å². The van der Waals surface area contributed by atoms with Crippen molar-refractivity contribution in [1.82, 2.24) is 21.3 Å². The van der Waals surface area contributed by atoms with E-state index in [0.29, 0.717) is 118 Å². The van der Waals surface area contributed by atoms with Crippen LogP contribution in [0, 0.1) is 0 Å². The zero-order valence-corrected chi connectivity index (χ0v) is 63.5. The molecule has 4 amide bonds. The molecule has 4 aromatic carbocycles. The third-order valence-electron chi connectivity index (χ3n) is 16.5. The van der Waals surface area contributed by atoms with Crippen molar-refractivity contribution in [2.75, 3.05) is 222 Å². The molecule has 6 rings (SSSR count). The number of hydrogen-bond donors (Lipinski definition) is 4. The fourth-order valence-corrected chi connectivity index (χ4v) is 10.7. The van der Waals surface area contributed by atoms with Gasteiger partial charge in [-0.3, -0.25) is 19.2 Å². The Hall–Kier alpha value is -7.06. The average molecular weight is 1410 g/mol. The quantitative estimate of drug-likeness (QED) is 0.0159. The topological polar surface area (TPSA) is 220 Å². The predicted molar refractivity (Wildman–Crippen MR) is 408 cm³/mol. The minimum Gasteiger partial charge on any atom is -0.385 e. The van der Waals surface area contributed by atoms with Crippen molar-refractivity contribution in [1.29, 1.82) is 0 Å². The summed E-state index contributed by atoms with van der Waals surface area (Å²) in [5.74, 6) is -0.0753. The maximum atomic E-state index is 12.3. The van der Waals surface area contributed by atoms with E-state index in [0.717, 1.165) is 103 Å². The van der Waals surface area contributed by atoms with Gasteiger partial charge in [0.15, 0.2) is 0 Å². The van der Waals surface area contributed by atoms with Crippen LogP contribution in [0.2, 0.25) is 0 Å². The second-order valence-corrected chi connectivity index (χ2v) is 25.7. The Kier molecular flexibility index (Phi) is 45.2. The second-order valence-electron chi connectivity index (χ2n) is 25.7. The highest BCUT2D eigenvalue weighted by molar-refractivity contribution is 5.93. The van der Waals surface area contributed by atoms with Crippen molar-refractivity contribution in [2.24, 2.45) is 0 Å². The van der Waals surface area contributed by atoms with Gasteiger partial charge in [-0.05, 0) is 118 Å². The summed E-state index contributed by atoms with van der Waals surface area (Å²) < 4.78 is 52.7. The molecule has 0 bridgehead atoms. The largest absolute Gasteiger partial charge is 0.385 e. The van der Waals surface area contributed by atoms with Crippen LogP contribution >= 0.6 is 0 Å². The second kappa shape index (κ2) is 52.8. The van der Waals surface area contributed by atoms with Crippen molar-refractivity contribution < 1.29 is 70.9 Å². The van der Waals surface area contributed by atoms with Crippen molar-refractivity contribution in [2.45, 2.75) is 117 Å². The van der Waals surface area contributed by atoms with Crippen LogP contribution in [0.25, 0.3) is 43.6 Å². The van der Waals surface area contributed by atoms with E-state index in [2.05, 4.69) is 205 Å². The van der Waals surface area contributed by atoms with Gasteiger partial charge in [-0.2, -0.15) is 9.13 Å². The first-order chi connectivity index (χ1) is 49.0. The van der Waals surface area contributed by atoms with Gasteiger partial charge < -0.3 is 83.5 Å². The summed E-state index contributed by atoms with van der Waals surface area (Å²) in [5.41, 5.74) is 9.77. The number of rotatable bonds is 52. The van der Waals surface area contributed by atoms with Crippen LogP contribution < -0.4 is 50.0 Å². The molecule has 2 heterocycles. The number of benzene rings is 4. The van der Waals surface area contributed by atoms with E-state index in [9.17, 15) is 19.2 Å². The molecule has 0 aliphatic carbocycles. The normalized spacial score (nSPS) is 11.1. The number of aromatic nitrogens is 2. The third kappa shape index (κ3) is 35.6. The third-order valence-corrected chi connectivity index (χ3v) is 16.5. The van der Waals surface area contributed by atoms with Gasteiger partial charge in [-0.25, -0.2) is 0 Å². The number of methoxy groups -OCH3 is 1. The lowest BCUT2D eigenvalue weighted by Gasteiger charge is -2.15. The SMILES string of the molecule is CCCCOCCOCCOCCCNC(=O)CCCCC[n+]1c2cc(N(C)C)ccc2cc2ccc(N(C)C)cc21.CCCOCCOCCCNC(=O)COCCOCCOCC(=O)NC.COCCCNC(=O)CCCCC[n+]1c2cc(N(C)C)ccc2cc2ccc(N(C)C)cc21. The first-order valence-electron chi connectivity index (χ1n) is 36.6. The van der Waals surface area contributed by atoms with E-state index in [1.165, 1.54) is 66.4 Å². The Bertz CT molecular complexity index is 3150. The Morgan fingerprint density at radius 1 is 0.337 bits per heavy atom. The van der Waals surface area contributed by atoms with Gasteiger partial charge in [0.1, 0.15) is 26.3 Å². The number of amides is 4. The van der Waals surface area contributed by atoms with Crippen LogP contribution in [0.3, 0.4) is 0 Å². The number of ether oxygens (including phenoxy) is 9. The number of nitrogens with zero attached hydrogens (tertiary/aromatic N) is 6. The molecule has 0 unspecified atom stereocenters. The molecule has 23 nitrogen and oxygen atoms in total. The molecule has 0 fully saturated rings. The molecule has 23 heteroatoms. The number of carbonyl (C=O) groups excluding carboxylic acids is 4. The number of fused-ring (bicyclic) bond motifs is 4. The van der Waals surface area contributed by atoms with E-state index < -0.39 is 0 Å². The lowest BCUT2D eigenvalue weighted by atomic mass is 10.1. The number of carbonyl (C=O) groups is 4. The molecule has 0 saturated carbocycles. The molecule has 564 valence electrons. The molecular formula is C78H126N10O13+2. The van der Waals surface area contributed by atoms with Gasteiger partial charge in [0.2, 0.25) is 45.7 Å². The first kappa shape index (κ1) is 86.3. The summed E-state index contributed by atoms with van der Waals surface area (Å²) in [6.45, 7) is 16.4. The minimum absolute atomic E-state index is 0.00223. The molecule has 0 atom stereocenters. The zero-order valence-electron chi connectivity index (χ0n) is 63.5. The Morgan fingerprint density at radius 3 is 0.990 bits per heavy atom. The average Bonchev–Trinajstić information content (AvgIpc) is 0.774. The van der Waals surface area contributed by atoms with Crippen molar-refractivity contribution in [3.8, 4) is 0 Å². The van der Waals surface area contributed by atoms with E-state index in [1.807, 2.05) is 0 Å². The highest BCUT2D eigenvalue weighted by Crippen LogP contribution is 2.28. The monoisotopic (exact) mass is 1410 g/mol. The fourth-order valence-electron chi connectivity index (χ4n) is 10.7. The van der Waals surface area contributed by atoms with E-state index in [1.54, 1.807) is 14.2 Å². The molecule has 0 aliphatic rings. The Labute approximate surface area is 603 Å². The summed E-state index contributed by atoms with van der Waals surface area (Å²) in [6, 6.07) is 31.3. The van der Waals surface area contributed by atoms with Gasteiger partial charge >= 0.3 is 0 Å². The number of pyridine rings is 2. The van der Waals surface area contributed by atoms with Crippen LogP contribution in [-0.2, 0) is 74.9 Å². The van der Waals surface area contributed by atoms with E-state index in [-0.39, 0.29) is 36.8 Å². The molecule has 2 aromatic heterocycles. The van der Waals surface area contributed by atoms with E-state index >= 15 is 0 Å². The lowest BCUT2D eigenvalue weighted by Crippen LogP contribution is -2.36. The zero-order chi connectivity index (χ0) is 73.2. The molecular weight excluding hydrogens is 1280 g/mol. The predicted octanol–water partition coefficient (Wildman–Crippen LogP) is 9.19. The van der Waals surface area contributed by atoms with Crippen LogP contribution in [0.15, 0.2) is 84.9 Å². The molecule has 101 heavy (non-hydrogen) atoms. The Morgan fingerprint density at radius 2 is 0.653 bits per heavy atom. The van der Waals surface area contributed by atoms with Crippen molar-refractivity contribution in [3.05, 3.63) is 84.9 Å². The van der Waals surface area contributed by atoms with Gasteiger partial charge in [-0.15, -0.1) is 0 Å². The summed E-state index contributed by atoms with van der Waals surface area (Å²) in [4.78, 5) is 55.4. The number of likely N-dealkylation sites (N-methyl/N-ethyl adjacent to an activating group) is 1. The molecule has 0 radical (unpaired) electrons. The van der Waals surface area contributed by atoms with Crippen LogP contribution in [0.4, 0.5) is 22.7 Å². The Balaban J connectivity index is 0.000000332. The molecule has 0 aliphatic heterocycles. The first-order valence-corrected chi connectivity index (χ1v) is 36.6. The van der Waals surface area contributed by atoms with Gasteiger partial charge in [0.05, 0.1) is 66.1 Å². The number of unbranched alkanes of at least 4 members (excludes halogenated alkanes) is 5. The highest BCUT2D eigenvalue weighted by Gasteiger charge is 2.20. The maximum absolute atomic E-state index is 12.3. The van der Waals surface area contributed by atoms with Crippen molar-refractivity contribution in [3.63, 3.8) is 0 Å². The van der Waals surface area contributed by atoms with E-state index in [4.69, 9.17) is 42.6 Å². The maximum Gasteiger partial charge on any atom is 0.246 e. The number of nitrogens with one attached hydrogen (secondary N) is 4. The lowest BCUT2D eigenvalue weighted by molar-refractivity contribution is -0.646. The highest BCUT2D eigenvalue weighted by atomic mass is 16.6. The molecule has 0 saturated heterocycles. The van der Waals surface area contributed by atoms with Crippen molar-refractivity contribution >= 4 is 90.0 Å². The summed E-state index contributed by atoms with van der Waals surface area (Å²) in [7, 11) is 19.9. The smallest absolute Gasteiger partial charge is 0.246 e. The molecule has 4 N–H and O–H groups in total. The fraction of sp³-hybridized carbons (Fsp3) is 0.615. The molecule has 0 spiro atoms. The number of aryl methyl sites for hydroxylation is 2. The van der Waals surface area contributed by atoms with Gasteiger partial charge in [0, 0.05) is 217 Å². The summed E-state index contributed by atoms with van der Waals surface area (Å²) in [6.07, 6.45) is 12.7. The summed E-state index contributed by atoms with van der Waals surface area (Å²) in [5, 5.41) is 16.2. The van der Waals surface area contributed by atoms with Crippen LogP contribution in [0.1, 0.15) is 104 Å². The standard InChI is InChI=1S/C34H52N4O4.C27H38N4O2.C17H34N2O7/c1-6-7-19-40-21-23-42-24-22-41-20-11-17-35-34(39)12-9-8-10-18-38-32-26-30(36(2)3)15-13-28(32)25-29-14-16-31(37(4)5)27-33(29)38;1-29(2)23-13-11-21-18-22-12-14-24(30(3)4)20-26(22)31(25(21)19-23)16-8-6-7-10-27(32)28-15-9-17-33-5;1-3-6-22-8-9-23-7-4-5-19-17(21)15-26-13-11-24-10-12-25-14-16(20)18-2/h13-16,25-27H,6-12,17-24H2,1-5H3;11-14,18-20H,6-10,15-17H2,1-5H3;3-15H2,1-2H3,(H,18,20)(H,19,21)/p+2. The van der Waals surface area contributed by atoms with Gasteiger partial charge in [0.25, 0.3) is 0 Å². The minimum atomic E-state index is -0.174. The molecule has 6 aromatic rings. The summed E-state index contributed by atoms with van der Waals surface area (Å²) >= 11 is 0.